The quantitative estimate of drug-likeness (QED) is 0.167. The van der Waals surface area contributed by atoms with Gasteiger partial charge in [-0.3, -0.25) is 0 Å². The average molecular weight is 795 g/mol. The fraction of sp³-hybridized carbons (Fsp3) is 0.0455. The van der Waals surface area contributed by atoms with E-state index in [4.69, 9.17) is 9.40 Å². The van der Waals surface area contributed by atoms with Crippen LogP contribution in [0.3, 0.4) is 0 Å². The average Bonchev–Trinajstić information content (AvgIpc) is 3.52. The van der Waals surface area contributed by atoms with Crippen molar-refractivity contribution >= 4 is 43.5 Å². The van der Waals surface area contributed by atoms with Crippen molar-refractivity contribution < 1.29 is 24.5 Å². The van der Waals surface area contributed by atoms with Crippen LogP contribution in [0.25, 0.3) is 77.1 Å². The SMILES string of the molecule is Cc1cnc(-c2[c-]ccc3c2oc2c4ccccc4ccc32)cc1-c1cc2ccccc2cc1C.[Ir].[c-]1ccccc1-c1ccccn1. The van der Waals surface area contributed by atoms with Crippen LogP contribution in [-0.2, 0) is 20.1 Å². The summed E-state index contributed by atoms with van der Waals surface area (Å²) in [6, 6.07) is 52.2. The predicted octanol–water partition coefficient (Wildman–Crippen LogP) is 11.6. The van der Waals surface area contributed by atoms with Crippen molar-refractivity contribution in [2.45, 2.75) is 13.8 Å². The summed E-state index contributed by atoms with van der Waals surface area (Å²) in [5.74, 6) is 0. The second-order valence-corrected chi connectivity index (χ2v) is 11.8. The van der Waals surface area contributed by atoms with E-state index < -0.39 is 0 Å². The Morgan fingerprint density at radius 1 is 0.521 bits per heavy atom. The number of rotatable bonds is 3. The first kappa shape index (κ1) is 31.2. The molecule has 9 aromatic rings. The fourth-order valence-electron chi connectivity index (χ4n) is 6.33. The van der Waals surface area contributed by atoms with Gasteiger partial charge in [-0.05, 0) is 75.8 Å². The van der Waals surface area contributed by atoms with Gasteiger partial charge in [0.1, 0.15) is 5.58 Å². The number of benzene rings is 6. The second-order valence-electron chi connectivity index (χ2n) is 11.8. The Morgan fingerprint density at radius 3 is 2.04 bits per heavy atom. The van der Waals surface area contributed by atoms with E-state index in [2.05, 4.69) is 116 Å². The molecule has 0 unspecified atom stereocenters. The van der Waals surface area contributed by atoms with Crippen molar-refractivity contribution in [1.82, 2.24) is 9.97 Å². The van der Waals surface area contributed by atoms with E-state index in [0.717, 1.165) is 55.4 Å². The molecule has 3 aromatic heterocycles. The summed E-state index contributed by atoms with van der Waals surface area (Å²) in [5.41, 5.74) is 10.3. The van der Waals surface area contributed by atoms with Gasteiger partial charge >= 0.3 is 0 Å². The number of aromatic nitrogens is 2. The van der Waals surface area contributed by atoms with E-state index in [0.29, 0.717) is 0 Å². The van der Waals surface area contributed by atoms with E-state index in [9.17, 15) is 0 Å². The molecular formula is C44H30IrN2O-2. The first-order chi connectivity index (χ1) is 23.1. The molecule has 3 nitrogen and oxygen atoms in total. The first-order valence-corrected chi connectivity index (χ1v) is 15.7. The van der Waals surface area contributed by atoms with Crippen molar-refractivity contribution in [3.63, 3.8) is 0 Å². The van der Waals surface area contributed by atoms with E-state index in [1.54, 1.807) is 6.20 Å². The van der Waals surface area contributed by atoms with Gasteiger partial charge in [0.2, 0.25) is 0 Å². The zero-order valence-electron chi connectivity index (χ0n) is 26.5. The molecule has 0 amide bonds. The molecule has 0 saturated heterocycles. The molecule has 0 aliphatic carbocycles. The number of hydrogen-bond acceptors (Lipinski definition) is 3. The van der Waals surface area contributed by atoms with Crippen LogP contribution >= 0.6 is 0 Å². The largest absolute Gasteiger partial charge is 0.500 e. The maximum atomic E-state index is 6.54. The molecule has 4 heteroatoms. The summed E-state index contributed by atoms with van der Waals surface area (Å²) in [4.78, 5) is 9.04. The van der Waals surface area contributed by atoms with Crippen molar-refractivity contribution in [1.29, 1.82) is 0 Å². The number of furan rings is 1. The number of aryl methyl sites for hydroxylation is 2. The molecule has 0 atom stereocenters. The zero-order chi connectivity index (χ0) is 31.7. The van der Waals surface area contributed by atoms with Gasteiger partial charge < -0.3 is 14.4 Å². The predicted molar refractivity (Wildman–Crippen MR) is 194 cm³/mol. The molecule has 1 radical (unpaired) electrons. The summed E-state index contributed by atoms with van der Waals surface area (Å²) in [6.07, 6.45) is 3.75. The van der Waals surface area contributed by atoms with Gasteiger partial charge in [0.05, 0.1) is 5.58 Å². The van der Waals surface area contributed by atoms with Crippen LogP contribution in [0.1, 0.15) is 11.1 Å². The molecule has 0 fully saturated rings. The number of pyridine rings is 2. The van der Waals surface area contributed by atoms with Crippen LogP contribution in [-0.4, -0.2) is 9.97 Å². The minimum atomic E-state index is 0. The summed E-state index contributed by atoms with van der Waals surface area (Å²) in [6.45, 7) is 4.30. The molecule has 0 saturated carbocycles. The molecule has 9 rings (SSSR count). The Morgan fingerprint density at radius 2 is 1.25 bits per heavy atom. The summed E-state index contributed by atoms with van der Waals surface area (Å²) >= 11 is 0. The molecule has 48 heavy (non-hydrogen) atoms. The van der Waals surface area contributed by atoms with Crippen LogP contribution < -0.4 is 0 Å². The van der Waals surface area contributed by atoms with Gasteiger partial charge in [-0.25, -0.2) is 0 Å². The van der Waals surface area contributed by atoms with Crippen LogP contribution in [0, 0.1) is 26.0 Å². The van der Waals surface area contributed by atoms with Gasteiger partial charge in [0.15, 0.2) is 0 Å². The minimum Gasteiger partial charge on any atom is -0.500 e. The maximum Gasteiger partial charge on any atom is 0.128 e. The molecule has 0 N–H and O–H groups in total. The van der Waals surface area contributed by atoms with Gasteiger partial charge in [-0.15, -0.1) is 54.1 Å². The zero-order valence-corrected chi connectivity index (χ0v) is 28.9. The van der Waals surface area contributed by atoms with Crippen molar-refractivity contribution in [3.8, 4) is 33.6 Å². The third kappa shape index (κ3) is 5.82. The van der Waals surface area contributed by atoms with Crippen LogP contribution in [0.2, 0.25) is 0 Å². The first-order valence-electron chi connectivity index (χ1n) is 15.7. The molecule has 0 aliphatic heterocycles. The van der Waals surface area contributed by atoms with Gasteiger partial charge in [0, 0.05) is 43.3 Å². The normalized spacial score (nSPS) is 11.0. The van der Waals surface area contributed by atoms with E-state index in [1.807, 2.05) is 54.7 Å². The molecule has 0 aliphatic rings. The van der Waals surface area contributed by atoms with Gasteiger partial charge in [-0.2, -0.15) is 0 Å². The Labute approximate surface area is 293 Å². The summed E-state index contributed by atoms with van der Waals surface area (Å²) in [5, 5.41) is 7.00. The standard InChI is InChI=1S/C33H22NO.C11H8N.Ir/c1-20-16-23-9-3-4-10-24(23)17-29(20)30-18-31(34-19-21(30)2)28-13-7-12-26-27-15-14-22-8-5-6-11-25(22)32(27)35-33(26)28;1-2-6-10(7-3-1)11-8-4-5-9-12-11;/h3-12,14-19H,1-2H3;1-6,8-9H;/q2*-1;. The summed E-state index contributed by atoms with van der Waals surface area (Å²) in [7, 11) is 0. The number of hydrogen-bond donors (Lipinski definition) is 0. The van der Waals surface area contributed by atoms with Crippen molar-refractivity contribution in [2.75, 3.05) is 0 Å². The monoisotopic (exact) mass is 795 g/mol. The number of fused-ring (bicyclic) bond motifs is 6. The van der Waals surface area contributed by atoms with Crippen LogP contribution in [0.5, 0.6) is 0 Å². The Bertz CT molecular complexity index is 2500. The molecule has 6 aromatic carbocycles. The minimum absolute atomic E-state index is 0. The molecule has 233 valence electrons. The third-order valence-electron chi connectivity index (χ3n) is 8.72. The maximum absolute atomic E-state index is 6.54. The molecular weight excluding hydrogens is 765 g/mol. The van der Waals surface area contributed by atoms with Gasteiger partial charge in [-0.1, -0.05) is 95.9 Å². The fourth-order valence-corrected chi connectivity index (χ4v) is 6.33. The Kier molecular flexibility index (Phi) is 8.69. The van der Waals surface area contributed by atoms with Crippen molar-refractivity contribution in [2.24, 2.45) is 0 Å². The van der Waals surface area contributed by atoms with E-state index in [1.165, 1.54) is 32.8 Å². The second kappa shape index (κ2) is 13.4. The smallest absolute Gasteiger partial charge is 0.128 e. The third-order valence-corrected chi connectivity index (χ3v) is 8.72. The van der Waals surface area contributed by atoms with Gasteiger partial charge in [0.25, 0.3) is 0 Å². The molecule has 0 bridgehead atoms. The summed E-state index contributed by atoms with van der Waals surface area (Å²) < 4.78 is 6.54. The van der Waals surface area contributed by atoms with E-state index in [-0.39, 0.29) is 20.1 Å². The van der Waals surface area contributed by atoms with Crippen LogP contribution in [0.4, 0.5) is 0 Å². The Balaban J connectivity index is 0.000000237. The number of nitrogens with zero attached hydrogens (tertiary/aromatic N) is 2. The topological polar surface area (TPSA) is 38.9 Å². The van der Waals surface area contributed by atoms with Crippen molar-refractivity contribution in [3.05, 3.63) is 169 Å². The molecule has 3 heterocycles. The Hall–Kier alpha value is -5.41. The van der Waals surface area contributed by atoms with Crippen LogP contribution in [0.15, 0.2) is 150 Å². The molecule has 0 spiro atoms. The van der Waals surface area contributed by atoms with E-state index >= 15 is 0 Å².